The number of carbonyl (C=O) groups is 1. The van der Waals surface area contributed by atoms with Crippen molar-refractivity contribution >= 4 is 33.2 Å². The summed E-state index contributed by atoms with van der Waals surface area (Å²) >= 11 is 3.09. The molecule has 0 atom stereocenters. The number of benzene rings is 1. The van der Waals surface area contributed by atoms with Gasteiger partial charge in [0, 0.05) is 25.0 Å². The van der Waals surface area contributed by atoms with E-state index in [1.165, 1.54) is 12.1 Å². The molecule has 1 amide bonds. The fourth-order valence-corrected chi connectivity index (χ4v) is 2.34. The molecule has 1 saturated heterocycles. The van der Waals surface area contributed by atoms with Gasteiger partial charge >= 0.3 is 0 Å². The van der Waals surface area contributed by atoms with Crippen LogP contribution in [0.1, 0.15) is 12.8 Å². The number of amides is 1. The maximum absolute atomic E-state index is 12.2. The van der Waals surface area contributed by atoms with Crippen LogP contribution in [0, 0.1) is 10.1 Å². The van der Waals surface area contributed by atoms with E-state index in [1.54, 1.807) is 6.07 Å². The minimum Gasteiger partial charge on any atom is -0.381 e. The zero-order valence-electron chi connectivity index (χ0n) is 10.6. The van der Waals surface area contributed by atoms with E-state index < -0.39 is 10.5 Å². The maximum atomic E-state index is 12.2. The summed E-state index contributed by atoms with van der Waals surface area (Å²) in [5.74, 6) is -0.350. The number of nitrogens with two attached hydrogens (primary N) is 1. The molecular weight excluding hydrogens is 330 g/mol. The first-order valence-corrected chi connectivity index (χ1v) is 6.84. The molecule has 20 heavy (non-hydrogen) atoms. The van der Waals surface area contributed by atoms with Crippen LogP contribution in [-0.2, 0) is 9.53 Å². The van der Waals surface area contributed by atoms with E-state index in [-0.39, 0.29) is 11.6 Å². The molecule has 0 spiro atoms. The predicted octanol–water partition coefficient (Wildman–Crippen LogP) is 1.80. The highest BCUT2D eigenvalue weighted by molar-refractivity contribution is 9.10. The Labute approximate surface area is 123 Å². The van der Waals surface area contributed by atoms with Crippen LogP contribution in [0.3, 0.4) is 0 Å². The molecular formula is C12H14BrN3O4. The molecule has 1 aromatic carbocycles. The van der Waals surface area contributed by atoms with Crippen LogP contribution in [0.5, 0.6) is 0 Å². The topological polar surface area (TPSA) is 107 Å². The number of hydrogen-bond donors (Lipinski definition) is 2. The summed E-state index contributed by atoms with van der Waals surface area (Å²) in [7, 11) is 0. The van der Waals surface area contributed by atoms with E-state index in [0.29, 0.717) is 36.2 Å². The standard InChI is InChI=1S/C12H14BrN3O4/c13-9-2-1-8(7-10(9)16(18)19)15-11(17)12(14)3-5-20-6-4-12/h1-2,7H,3-6,14H2,(H,15,17). The summed E-state index contributed by atoms with van der Waals surface area (Å²) in [6.07, 6.45) is 0.856. The zero-order valence-corrected chi connectivity index (χ0v) is 12.2. The second-order valence-electron chi connectivity index (χ2n) is 4.65. The van der Waals surface area contributed by atoms with Crippen molar-refractivity contribution < 1.29 is 14.5 Å². The van der Waals surface area contributed by atoms with Gasteiger partial charge in [-0.25, -0.2) is 0 Å². The van der Waals surface area contributed by atoms with Crippen LogP contribution in [0.25, 0.3) is 0 Å². The molecule has 0 unspecified atom stereocenters. The molecule has 1 aromatic rings. The maximum Gasteiger partial charge on any atom is 0.285 e. The van der Waals surface area contributed by atoms with Crippen LogP contribution >= 0.6 is 15.9 Å². The predicted molar refractivity (Wildman–Crippen MR) is 76.4 cm³/mol. The molecule has 1 aliphatic heterocycles. The minimum atomic E-state index is -0.986. The SMILES string of the molecule is NC1(C(=O)Nc2ccc(Br)c([N+](=O)[O-])c2)CCOCC1. The monoisotopic (exact) mass is 343 g/mol. The lowest BCUT2D eigenvalue weighted by Gasteiger charge is -2.31. The lowest BCUT2D eigenvalue weighted by atomic mass is 9.90. The zero-order chi connectivity index (χ0) is 14.8. The summed E-state index contributed by atoms with van der Waals surface area (Å²) in [5, 5.41) is 13.5. The largest absolute Gasteiger partial charge is 0.381 e. The van der Waals surface area contributed by atoms with Gasteiger partial charge in [0.25, 0.3) is 5.69 Å². The number of anilines is 1. The van der Waals surface area contributed by atoms with Crippen LogP contribution in [0.15, 0.2) is 22.7 Å². The first-order chi connectivity index (χ1) is 9.42. The fraction of sp³-hybridized carbons (Fsp3) is 0.417. The molecule has 7 nitrogen and oxygen atoms in total. The van der Waals surface area contributed by atoms with Crippen LogP contribution in [-0.4, -0.2) is 29.6 Å². The van der Waals surface area contributed by atoms with Crippen molar-refractivity contribution in [3.63, 3.8) is 0 Å². The van der Waals surface area contributed by atoms with Crippen LogP contribution in [0.2, 0.25) is 0 Å². The molecule has 1 aliphatic rings. The van der Waals surface area contributed by atoms with Gasteiger partial charge in [0.05, 0.1) is 9.40 Å². The summed E-state index contributed by atoms with van der Waals surface area (Å²) in [6, 6.07) is 4.39. The molecule has 2 rings (SSSR count). The normalized spacial score (nSPS) is 17.5. The van der Waals surface area contributed by atoms with Gasteiger partial charge in [-0.05, 0) is 40.9 Å². The van der Waals surface area contributed by atoms with Gasteiger partial charge in [-0.1, -0.05) is 0 Å². The number of rotatable bonds is 3. The number of nitrogens with zero attached hydrogens (tertiary/aromatic N) is 1. The quantitative estimate of drug-likeness (QED) is 0.642. The highest BCUT2D eigenvalue weighted by Gasteiger charge is 2.36. The van der Waals surface area contributed by atoms with Crippen molar-refractivity contribution in [2.75, 3.05) is 18.5 Å². The highest BCUT2D eigenvalue weighted by atomic mass is 79.9. The second kappa shape index (κ2) is 5.86. The number of carbonyl (C=O) groups excluding carboxylic acids is 1. The molecule has 8 heteroatoms. The van der Waals surface area contributed by atoms with E-state index in [0.717, 1.165) is 0 Å². The van der Waals surface area contributed by atoms with Crippen LogP contribution in [0.4, 0.5) is 11.4 Å². The van der Waals surface area contributed by atoms with Gasteiger partial charge in [-0.15, -0.1) is 0 Å². The van der Waals surface area contributed by atoms with E-state index >= 15 is 0 Å². The van der Waals surface area contributed by atoms with Crippen molar-refractivity contribution in [3.05, 3.63) is 32.8 Å². The van der Waals surface area contributed by atoms with Gasteiger partial charge in [-0.3, -0.25) is 14.9 Å². The van der Waals surface area contributed by atoms with Gasteiger partial charge in [-0.2, -0.15) is 0 Å². The summed E-state index contributed by atoms with van der Waals surface area (Å²) in [5.41, 5.74) is 5.30. The van der Waals surface area contributed by atoms with E-state index in [2.05, 4.69) is 21.2 Å². The highest BCUT2D eigenvalue weighted by Crippen LogP contribution is 2.28. The van der Waals surface area contributed by atoms with Crippen molar-refractivity contribution in [3.8, 4) is 0 Å². The Balaban J connectivity index is 2.15. The molecule has 108 valence electrons. The average Bonchev–Trinajstić information content (AvgIpc) is 2.41. The van der Waals surface area contributed by atoms with Crippen LogP contribution < -0.4 is 11.1 Å². The molecule has 0 radical (unpaired) electrons. The summed E-state index contributed by atoms with van der Waals surface area (Å²) < 4.78 is 5.53. The average molecular weight is 344 g/mol. The number of nitrogens with one attached hydrogen (secondary N) is 1. The summed E-state index contributed by atoms with van der Waals surface area (Å²) in [4.78, 5) is 22.5. The second-order valence-corrected chi connectivity index (χ2v) is 5.50. The first-order valence-electron chi connectivity index (χ1n) is 6.04. The molecule has 3 N–H and O–H groups in total. The third-order valence-electron chi connectivity index (χ3n) is 3.24. The van der Waals surface area contributed by atoms with Crippen molar-refractivity contribution in [2.45, 2.75) is 18.4 Å². The Morgan fingerprint density at radius 1 is 1.45 bits per heavy atom. The minimum absolute atomic E-state index is 0.110. The van der Waals surface area contributed by atoms with Gasteiger partial charge in [0.2, 0.25) is 5.91 Å². The number of halogens is 1. The Hall–Kier alpha value is -1.51. The molecule has 0 bridgehead atoms. The van der Waals surface area contributed by atoms with E-state index in [4.69, 9.17) is 10.5 Å². The third-order valence-corrected chi connectivity index (χ3v) is 3.91. The molecule has 0 saturated carbocycles. The van der Waals surface area contributed by atoms with E-state index in [9.17, 15) is 14.9 Å². The Morgan fingerprint density at radius 3 is 2.70 bits per heavy atom. The number of nitro benzene ring substituents is 1. The number of nitro groups is 1. The molecule has 0 aliphatic carbocycles. The van der Waals surface area contributed by atoms with Crippen molar-refractivity contribution in [1.82, 2.24) is 0 Å². The molecule has 0 aromatic heterocycles. The molecule has 1 heterocycles. The lowest BCUT2D eigenvalue weighted by molar-refractivity contribution is -0.385. The smallest absolute Gasteiger partial charge is 0.285 e. The lowest BCUT2D eigenvalue weighted by Crippen LogP contribution is -2.54. The number of ether oxygens (including phenoxy) is 1. The van der Waals surface area contributed by atoms with Gasteiger partial charge < -0.3 is 15.8 Å². The Kier molecular flexibility index (Phi) is 4.36. The van der Waals surface area contributed by atoms with Crippen molar-refractivity contribution in [1.29, 1.82) is 0 Å². The summed E-state index contributed by atoms with van der Waals surface area (Å²) in [6.45, 7) is 0.870. The Morgan fingerprint density at radius 2 is 2.10 bits per heavy atom. The van der Waals surface area contributed by atoms with Crippen molar-refractivity contribution in [2.24, 2.45) is 5.73 Å². The van der Waals surface area contributed by atoms with E-state index in [1.807, 2.05) is 0 Å². The van der Waals surface area contributed by atoms with Gasteiger partial charge in [0.1, 0.15) is 5.54 Å². The molecule has 1 fully saturated rings. The number of hydrogen-bond acceptors (Lipinski definition) is 5. The first kappa shape index (κ1) is 14.9. The third kappa shape index (κ3) is 3.14. The van der Waals surface area contributed by atoms with Gasteiger partial charge in [0.15, 0.2) is 0 Å². The fourth-order valence-electron chi connectivity index (χ4n) is 1.95. The Bertz CT molecular complexity index is 544.